The molecule has 4 rings (SSSR count). The Hall–Kier alpha value is -1.85. The van der Waals surface area contributed by atoms with E-state index in [1.807, 2.05) is 76.3 Å². The molecule has 0 aliphatic heterocycles. The number of carbonyl (C=O) groups is 1. The summed E-state index contributed by atoms with van der Waals surface area (Å²) >= 11 is 0. The Kier molecular flexibility index (Phi) is 16.6. The molecule has 1 amide bonds. The standard InChI is InChI=1S/C13H11NO2.2C5H5.CHF3O3S.V/c15-13(11-7-3-1-4-8-11)14(16)12-9-5-2-6-10-12;2*1-2-4-5-3-1;2-1(3,4)8(5,6)7;/h1-10,16H;2*1-5H;(H,5,6,7);/q;;;;+4. The predicted octanol–water partition coefficient (Wildman–Crippen LogP) is 5.16. The van der Waals surface area contributed by atoms with E-state index in [4.69, 9.17) is 13.0 Å². The number of nitrogens with zero attached hydrogens (tertiary/aromatic N) is 1. The van der Waals surface area contributed by atoms with Crippen molar-refractivity contribution in [3.05, 3.63) is 130 Å². The summed E-state index contributed by atoms with van der Waals surface area (Å²) < 4.78 is 57.5. The zero-order valence-electron chi connectivity index (χ0n) is 18.1. The summed E-state index contributed by atoms with van der Waals surface area (Å²) in [6, 6.07) is 17.3. The fraction of sp³-hybridized carbons (Fsp3) is 0.0417. The normalized spacial score (nSPS) is 14.5. The van der Waals surface area contributed by atoms with Gasteiger partial charge in [-0.05, 0) is 88.5 Å². The van der Waals surface area contributed by atoms with Gasteiger partial charge in [-0.3, -0.25) is 14.6 Å². The van der Waals surface area contributed by atoms with Crippen molar-refractivity contribution in [2.75, 3.05) is 5.06 Å². The molecule has 0 spiro atoms. The van der Waals surface area contributed by atoms with Crippen LogP contribution in [0.3, 0.4) is 0 Å². The van der Waals surface area contributed by atoms with Gasteiger partial charge in [0, 0.05) is 5.56 Å². The third-order valence-corrected chi connectivity index (χ3v) is 4.20. The first-order chi connectivity index (χ1) is 16.0. The van der Waals surface area contributed by atoms with Gasteiger partial charge in [-0.15, -0.1) is 0 Å². The van der Waals surface area contributed by atoms with Gasteiger partial charge in [0.15, 0.2) is 0 Å². The Morgan fingerprint density at radius 3 is 1.26 bits per heavy atom. The van der Waals surface area contributed by atoms with Crippen molar-refractivity contribution >= 4 is 21.7 Å². The molecule has 2 aliphatic carbocycles. The molecule has 0 bridgehead atoms. The minimum atomic E-state index is -5.84. The minimum Gasteiger partial charge on any atom is -0.281 e. The molecule has 6 nitrogen and oxygen atoms in total. The molecule has 2 aromatic rings. The number of hydroxylamine groups is 1. The van der Waals surface area contributed by atoms with Crippen LogP contribution in [0.2, 0.25) is 0 Å². The number of hydrogen-bond donors (Lipinski definition) is 2. The van der Waals surface area contributed by atoms with E-state index in [0.717, 1.165) is 0 Å². The van der Waals surface area contributed by atoms with Crippen molar-refractivity contribution in [2.24, 2.45) is 0 Å². The zero-order chi connectivity index (χ0) is 25.5. The zero-order valence-corrected chi connectivity index (χ0v) is 20.3. The fourth-order valence-electron chi connectivity index (χ4n) is 2.03. The van der Waals surface area contributed by atoms with Gasteiger partial charge < -0.3 is 0 Å². The molecule has 2 aromatic carbocycles. The molecule has 11 radical (unpaired) electrons. The van der Waals surface area contributed by atoms with Gasteiger partial charge in [0.05, 0.1) is 5.69 Å². The summed E-state index contributed by atoms with van der Waals surface area (Å²) in [5.74, 6) is -0.438. The molecule has 0 saturated heterocycles. The summed E-state index contributed by atoms with van der Waals surface area (Å²) in [4.78, 5) is 11.8. The Balaban J connectivity index is 0.000000506. The summed E-state index contributed by atoms with van der Waals surface area (Å²) in [6.45, 7) is 0. The van der Waals surface area contributed by atoms with Crippen LogP contribution in [0, 0.1) is 64.2 Å². The molecule has 35 heavy (non-hydrogen) atoms. The number of para-hydroxylation sites is 1. The summed E-state index contributed by atoms with van der Waals surface area (Å²) in [5.41, 5.74) is -4.63. The quantitative estimate of drug-likeness (QED) is 0.236. The molecule has 0 aromatic heterocycles. The van der Waals surface area contributed by atoms with Crippen LogP contribution >= 0.6 is 0 Å². The molecule has 2 N–H and O–H groups in total. The van der Waals surface area contributed by atoms with Crippen LogP contribution in [0.25, 0.3) is 0 Å². The van der Waals surface area contributed by atoms with E-state index >= 15 is 0 Å². The van der Waals surface area contributed by atoms with Crippen LogP contribution in [0.5, 0.6) is 0 Å². The topological polar surface area (TPSA) is 94.9 Å². The molecule has 11 heteroatoms. The van der Waals surface area contributed by atoms with E-state index in [2.05, 4.69) is 0 Å². The van der Waals surface area contributed by atoms with Gasteiger partial charge in [0.1, 0.15) is 0 Å². The maximum Gasteiger partial charge on any atom is 4.00 e. The number of carbonyl (C=O) groups excluding carboxylic acids is 1. The number of rotatable bonds is 2. The van der Waals surface area contributed by atoms with Gasteiger partial charge in [-0.25, -0.2) is 0 Å². The van der Waals surface area contributed by atoms with Crippen LogP contribution in [-0.2, 0) is 28.7 Å². The SMILES string of the molecule is O=C(c1ccccc1)N(O)c1ccccc1.O=S(=O)(O)C(F)(F)F.[CH]1[CH][CH][CH][CH]1.[CH]1[CH][CH][CH][CH]1.[V+4]. The van der Waals surface area contributed by atoms with Gasteiger partial charge in [0.2, 0.25) is 0 Å². The van der Waals surface area contributed by atoms with E-state index in [1.54, 1.807) is 48.5 Å². The smallest absolute Gasteiger partial charge is 0.281 e. The second-order valence-electron chi connectivity index (χ2n) is 6.16. The van der Waals surface area contributed by atoms with Crippen LogP contribution in [0.15, 0.2) is 60.7 Å². The van der Waals surface area contributed by atoms with Crippen molar-refractivity contribution in [3.63, 3.8) is 0 Å². The summed E-state index contributed by atoms with van der Waals surface area (Å²) in [7, 11) is -5.84. The Labute approximate surface area is 217 Å². The maximum absolute atomic E-state index is 11.8. The van der Waals surface area contributed by atoms with E-state index < -0.39 is 21.5 Å². The van der Waals surface area contributed by atoms with E-state index in [0.29, 0.717) is 16.3 Å². The van der Waals surface area contributed by atoms with E-state index in [9.17, 15) is 23.2 Å². The second kappa shape index (κ2) is 17.6. The first-order valence-electron chi connectivity index (χ1n) is 9.54. The predicted molar refractivity (Wildman–Crippen MR) is 122 cm³/mol. The molecular formula is C24H22F3NO5SV+4. The van der Waals surface area contributed by atoms with E-state index in [1.165, 1.54) is 0 Å². The Morgan fingerprint density at radius 1 is 0.686 bits per heavy atom. The van der Waals surface area contributed by atoms with Crippen molar-refractivity contribution in [3.8, 4) is 0 Å². The second-order valence-corrected chi connectivity index (χ2v) is 7.58. The fourth-order valence-corrected chi connectivity index (χ4v) is 2.03. The van der Waals surface area contributed by atoms with Crippen LogP contribution in [0.4, 0.5) is 18.9 Å². The molecule has 0 heterocycles. The molecule has 181 valence electrons. The molecule has 0 unspecified atom stereocenters. The maximum atomic E-state index is 11.8. The average molecular weight is 544 g/mol. The third kappa shape index (κ3) is 14.3. The average Bonchev–Trinajstić information content (AvgIpc) is 3.58. The van der Waals surface area contributed by atoms with Gasteiger partial charge in [-0.1, -0.05) is 36.4 Å². The number of benzene rings is 2. The van der Waals surface area contributed by atoms with Crippen molar-refractivity contribution in [2.45, 2.75) is 5.51 Å². The van der Waals surface area contributed by atoms with Crippen LogP contribution in [0.1, 0.15) is 10.4 Å². The van der Waals surface area contributed by atoms with Crippen LogP contribution in [-0.4, -0.2) is 29.6 Å². The summed E-state index contributed by atoms with van der Waals surface area (Å²) in [6.07, 6.45) is 20.0. The Morgan fingerprint density at radius 2 is 0.971 bits per heavy atom. The van der Waals surface area contributed by atoms with Crippen molar-refractivity contribution in [1.29, 1.82) is 0 Å². The first kappa shape index (κ1) is 33.2. The first-order valence-corrected chi connectivity index (χ1v) is 11.0. The molecule has 2 fully saturated rings. The number of amides is 1. The Bertz CT molecular complexity index is 896. The molecule has 2 saturated carbocycles. The van der Waals surface area contributed by atoms with Gasteiger partial charge in [-0.2, -0.15) is 26.7 Å². The van der Waals surface area contributed by atoms with Crippen molar-refractivity contribution < 1.29 is 54.7 Å². The van der Waals surface area contributed by atoms with Gasteiger partial charge in [0.25, 0.3) is 5.91 Å². The number of halogens is 3. The minimum absolute atomic E-state index is 0. The van der Waals surface area contributed by atoms with E-state index in [-0.39, 0.29) is 18.6 Å². The third-order valence-electron chi connectivity index (χ3n) is 3.62. The monoisotopic (exact) mass is 544 g/mol. The number of hydrogen-bond acceptors (Lipinski definition) is 4. The summed E-state index contributed by atoms with van der Waals surface area (Å²) in [5, 5.41) is 10.4. The largest absolute Gasteiger partial charge is 4.00 e. The molecule has 0 atom stereocenters. The number of anilines is 1. The molecule has 2 aliphatic rings. The van der Waals surface area contributed by atoms with Crippen LogP contribution < -0.4 is 5.06 Å². The molecular weight excluding hydrogens is 522 g/mol. The number of alkyl halides is 3. The van der Waals surface area contributed by atoms with Gasteiger partial charge >= 0.3 is 34.2 Å². The van der Waals surface area contributed by atoms with Crippen molar-refractivity contribution in [1.82, 2.24) is 0 Å².